The van der Waals surface area contributed by atoms with Crippen molar-refractivity contribution >= 4 is 21.9 Å². The Bertz CT molecular complexity index is 277. The van der Waals surface area contributed by atoms with E-state index >= 15 is 0 Å². The molecule has 2 aliphatic rings. The van der Waals surface area contributed by atoms with Crippen LogP contribution < -0.4 is 0 Å². The summed E-state index contributed by atoms with van der Waals surface area (Å²) in [6.07, 6.45) is 3.02. The fraction of sp³-hybridized carbons (Fsp3) is 0.917. The SMILES string of the molecule is CC(C)[C@@H]1CC[C@@]2(C)CC(=O)O[C@H]2[C@@H]1Br. The largest absolute Gasteiger partial charge is 0.461 e. The first kappa shape index (κ1) is 11.4. The zero-order chi connectivity index (χ0) is 11.2. The second kappa shape index (κ2) is 3.76. The van der Waals surface area contributed by atoms with Gasteiger partial charge in [-0.2, -0.15) is 0 Å². The van der Waals surface area contributed by atoms with Gasteiger partial charge in [0, 0.05) is 5.41 Å². The molecule has 4 atom stereocenters. The van der Waals surface area contributed by atoms with E-state index in [2.05, 4.69) is 36.7 Å². The van der Waals surface area contributed by atoms with Gasteiger partial charge in [-0.3, -0.25) is 4.79 Å². The summed E-state index contributed by atoms with van der Waals surface area (Å²) in [7, 11) is 0. The molecular formula is C12H19BrO2. The van der Waals surface area contributed by atoms with E-state index in [4.69, 9.17) is 4.74 Å². The van der Waals surface area contributed by atoms with Gasteiger partial charge in [0.25, 0.3) is 0 Å². The lowest BCUT2D eigenvalue weighted by Gasteiger charge is -2.43. The van der Waals surface area contributed by atoms with Crippen LogP contribution in [-0.2, 0) is 9.53 Å². The van der Waals surface area contributed by atoms with Crippen LogP contribution in [0.4, 0.5) is 0 Å². The van der Waals surface area contributed by atoms with Gasteiger partial charge in [0.1, 0.15) is 6.10 Å². The van der Waals surface area contributed by atoms with Crippen molar-refractivity contribution in [2.45, 2.75) is 51.0 Å². The van der Waals surface area contributed by atoms with Gasteiger partial charge in [0.05, 0.1) is 11.2 Å². The first-order valence-electron chi connectivity index (χ1n) is 5.77. The summed E-state index contributed by atoms with van der Waals surface area (Å²) in [5.41, 5.74) is 0.0800. The number of alkyl halides is 1. The molecule has 0 aromatic carbocycles. The molecular weight excluding hydrogens is 256 g/mol. The molecule has 0 spiro atoms. The van der Waals surface area contributed by atoms with Gasteiger partial charge in [0.2, 0.25) is 0 Å². The maximum Gasteiger partial charge on any atom is 0.306 e. The highest BCUT2D eigenvalue weighted by Gasteiger charge is 2.53. The Labute approximate surface area is 99.9 Å². The van der Waals surface area contributed by atoms with E-state index in [1.807, 2.05) is 0 Å². The first-order valence-corrected chi connectivity index (χ1v) is 6.69. The highest BCUT2D eigenvalue weighted by molar-refractivity contribution is 9.09. The second-order valence-corrected chi connectivity index (χ2v) is 6.69. The number of hydrogen-bond donors (Lipinski definition) is 0. The Balaban J connectivity index is 2.19. The van der Waals surface area contributed by atoms with Crippen LogP contribution in [0.5, 0.6) is 0 Å². The Morgan fingerprint density at radius 3 is 2.80 bits per heavy atom. The third-order valence-electron chi connectivity index (χ3n) is 4.10. The molecule has 2 nitrogen and oxygen atoms in total. The predicted molar refractivity (Wildman–Crippen MR) is 62.9 cm³/mol. The van der Waals surface area contributed by atoms with Gasteiger partial charge in [0.15, 0.2) is 0 Å². The molecule has 0 radical (unpaired) electrons. The van der Waals surface area contributed by atoms with Crippen LogP contribution in [0.3, 0.4) is 0 Å². The first-order chi connectivity index (χ1) is 6.94. The Kier molecular flexibility index (Phi) is 2.87. The van der Waals surface area contributed by atoms with Crippen molar-refractivity contribution in [2.24, 2.45) is 17.3 Å². The molecule has 2 rings (SSSR count). The third-order valence-corrected chi connectivity index (χ3v) is 5.26. The average Bonchev–Trinajstić information content (AvgIpc) is 2.41. The average molecular weight is 275 g/mol. The normalized spacial score (nSPS) is 45.4. The summed E-state index contributed by atoms with van der Waals surface area (Å²) in [4.78, 5) is 11.7. The molecule has 2 fully saturated rings. The summed E-state index contributed by atoms with van der Waals surface area (Å²) in [6.45, 7) is 6.68. The Morgan fingerprint density at radius 1 is 1.53 bits per heavy atom. The highest BCUT2D eigenvalue weighted by atomic mass is 79.9. The summed E-state index contributed by atoms with van der Waals surface area (Å²) in [5, 5.41) is 0. The van der Waals surface area contributed by atoms with Gasteiger partial charge < -0.3 is 4.74 Å². The van der Waals surface area contributed by atoms with Gasteiger partial charge in [-0.1, -0.05) is 36.7 Å². The van der Waals surface area contributed by atoms with E-state index in [0.717, 1.165) is 6.42 Å². The number of carbonyl (C=O) groups excluding carboxylic acids is 1. The molecule has 15 heavy (non-hydrogen) atoms. The fourth-order valence-corrected chi connectivity index (χ4v) is 4.64. The Morgan fingerprint density at radius 2 is 2.20 bits per heavy atom. The minimum atomic E-state index is -0.0173. The van der Waals surface area contributed by atoms with Gasteiger partial charge in [-0.15, -0.1) is 0 Å². The Hall–Kier alpha value is -0.0500. The molecule has 0 unspecified atom stereocenters. The van der Waals surface area contributed by atoms with Crippen molar-refractivity contribution in [3.05, 3.63) is 0 Å². The zero-order valence-corrected chi connectivity index (χ0v) is 11.2. The maximum absolute atomic E-state index is 11.4. The quantitative estimate of drug-likeness (QED) is 0.543. The van der Waals surface area contributed by atoms with Gasteiger partial charge in [-0.05, 0) is 24.7 Å². The molecule has 3 heteroatoms. The zero-order valence-electron chi connectivity index (χ0n) is 9.63. The van der Waals surface area contributed by atoms with Crippen molar-refractivity contribution in [2.75, 3.05) is 0 Å². The van der Waals surface area contributed by atoms with E-state index < -0.39 is 0 Å². The molecule has 1 aliphatic carbocycles. The molecule has 1 aliphatic heterocycles. The molecule has 86 valence electrons. The maximum atomic E-state index is 11.4. The minimum Gasteiger partial charge on any atom is -0.461 e. The third kappa shape index (κ3) is 1.83. The van der Waals surface area contributed by atoms with Crippen LogP contribution >= 0.6 is 15.9 Å². The van der Waals surface area contributed by atoms with Crippen molar-refractivity contribution in [1.82, 2.24) is 0 Å². The number of carbonyl (C=O) groups is 1. The molecule has 0 aromatic rings. The highest BCUT2D eigenvalue weighted by Crippen LogP contribution is 2.51. The van der Waals surface area contributed by atoms with Crippen LogP contribution in [0.15, 0.2) is 0 Å². The number of halogens is 1. The summed E-state index contributed by atoms with van der Waals surface area (Å²) in [6, 6.07) is 0. The lowest BCUT2D eigenvalue weighted by atomic mass is 9.67. The summed E-state index contributed by atoms with van der Waals surface area (Å²) >= 11 is 3.75. The van der Waals surface area contributed by atoms with Gasteiger partial charge in [-0.25, -0.2) is 0 Å². The number of fused-ring (bicyclic) bond motifs is 1. The van der Waals surface area contributed by atoms with E-state index in [1.54, 1.807) is 0 Å². The van der Waals surface area contributed by atoms with Gasteiger partial charge >= 0.3 is 5.97 Å². The minimum absolute atomic E-state index is 0.0173. The van der Waals surface area contributed by atoms with Crippen LogP contribution in [0.25, 0.3) is 0 Å². The lowest BCUT2D eigenvalue weighted by Crippen LogP contribution is -2.45. The van der Waals surface area contributed by atoms with Crippen LogP contribution in [0.2, 0.25) is 0 Å². The van der Waals surface area contributed by atoms with Crippen molar-refractivity contribution in [3.63, 3.8) is 0 Å². The monoisotopic (exact) mass is 274 g/mol. The van der Waals surface area contributed by atoms with Crippen molar-refractivity contribution < 1.29 is 9.53 Å². The molecule has 0 bridgehead atoms. The number of rotatable bonds is 1. The molecule has 0 N–H and O–H groups in total. The molecule has 1 heterocycles. The lowest BCUT2D eigenvalue weighted by molar-refractivity contribution is -0.142. The van der Waals surface area contributed by atoms with Crippen molar-refractivity contribution in [3.8, 4) is 0 Å². The molecule has 1 saturated carbocycles. The number of esters is 1. The van der Waals surface area contributed by atoms with E-state index in [9.17, 15) is 4.79 Å². The van der Waals surface area contributed by atoms with E-state index in [1.165, 1.54) is 6.42 Å². The predicted octanol–water partition coefficient (Wildman–Crippen LogP) is 3.14. The standard InChI is InChI=1S/C12H19BrO2/c1-7(2)8-4-5-12(3)6-9(14)15-11(12)10(8)13/h7-8,10-11H,4-6H2,1-3H3/t8-,10+,11-,12-/m0/s1. The number of hydrogen-bond acceptors (Lipinski definition) is 2. The molecule has 1 saturated heterocycles. The summed E-state index contributed by atoms with van der Waals surface area (Å²) in [5.74, 6) is 1.27. The van der Waals surface area contributed by atoms with Crippen molar-refractivity contribution in [1.29, 1.82) is 0 Å². The van der Waals surface area contributed by atoms with Crippen LogP contribution in [0.1, 0.15) is 40.0 Å². The smallest absolute Gasteiger partial charge is 0.306 e. The van der Waals surface area contributed by atoms with E-state index in [-0.39, 0.29) is 17.5 Å². The molecule has 0 aromatic heterocycles. The van der Waals surface area contributed by atoms with Crippen LogP contribution in [0, 0.1) is 17.3 Å². The topological polar surface area (TPSA) is 26.3 Å². The fourth-order valence-electron chi connectivity index (χ4n) is 3.02. The van der Waals surface area contributed by atoms with E-state index in [0.29, 0.717) is 23.1 Å². The van der Waals surface area contributed by atoms with Crippen LogP contribution in [-0.4, -0.2) is 16.9 Å². The second-order valence-electron chi connectivity index (χ2n) is 5.63. The number of ether oxygens (including phenoxy) is 1. The summed E-state index contributed by atoms with van der Waals surface area (Å²) < 4.78 is 5.48. The molecule has 0 amide bonds.